The average Bonchev–Trinajstić information content (AvgIpc) is 1.68. The molecule has 12 amide bonds. The number of aliphatic carboxylic acids is 1. The summed E-state index contributed by atoms with van der Waals surface area (Å²) in [5, 5.41) is 51.4. The number of aliphatic imine (C=N–C) groups is 1. The number of anilines is 1. The predicted molar refractivity (Wildman–Crippen MR) is 409 cm³/mol. The van der Waals surface area contributed by atoms with Crippen LogP contribution in [0.1, 0.15) is 115 Å². The third kappa shape index (κ3) is 29.3. The number of nitrogens with zero attached hydrogens (tertiary/aromatic N) is 4. The number of nitrogens with two attached hydrogens (primary N) is 3. The van der Waals surface area contributed by atoms with Gasteiger partial charge in [-0.15, -0.1) is 23.2 Å². The number of fused-ring (bicyclic) bond motifs is 1. The molecule has 2 fully saturated rings. The van der Waals surface area contributed by atoms with Crippen molar-refractivity contribution in [3.8, 4) is 5.75 Å². The van der Waals surface area contributed by atoms with Crippen molar-refractivity contribution in [3.05, 3.63) is 114 Å². The molecule has 0 spiro atoms. The second-order valence-electron chi connectivity index (χ2n) is 27.9. The van der Waals surface area contributed by atoms with E-state index in [0.29, 0.717) is 52.3 Å². The topological polar surface area (TPSA) is 536 Å². The highest BCUT2D eigenvalue weighted by Crippen LogP contribution is 2.24. The number of aromatic nitrogens is 3. The maximum absolute atomic E-state index is 14.8. The molecule has 0 radical (unpaired) electrons. The molecule has 4 heterocycles. The van der Waals surface area contributed by atoms with Gasteiger partial charge in [0.25, 0.3) is 5.91 Å². The number of amides is 12. The molecule has 0 saturated carbocycles. The number of ether oxygens (including phenoxy) is 1. The molecule has 2 aliphatic heterocycles. The maximum Gasteiger partial charge on any atom is 0.330 e. The number of alkyl halides is 2. The van der Waals surface area contributed by atoms with Crippen LogP contribution in [0.3, 0.4) is 0 Å². The number of primary amides is 1. The first-order valence-corrected chi connectivity index (χ1v) is 37.3. The molecule has 35 nitrogen and oxygen atoms in total. The van der Waals surface area contributed by atoms with E-state index in [2.05, 4.69) is 72.8 Å². The number of benzene rings is 3. The summed E-state index contributed by atoms with van der Waals surface area (Å²) in [6, 6.07) is 7.43. The summed E-state index contributed by atoms with van der Waals surface area (Å²) in [5.41, 5.74) is 23.8. The minimum absolute atomic E-state index is 0.00453. The third-order valence-electron chi connectivity index (χ3n) is 17.7. The molecule has 3 aromatic carbocycles. The number of halogens is 2. The van der Waals surface area contributed by atoms with Crippen molar-refractivity contribution in [1.82, 2.24) is 73.2 Å². The standard InChI is InChI=1S/C59H84N18O14.C14H19Cl2NO2/c1-31(2)22-40(49(82)68-39(12-8-20-64-57(60)61)56(89)77-21-9-13-46(77)55(88)75-76-58(62)90)69-54(87)45(29-91-59(3,4)5)74-50(83)41(23-32-14-16-35(79)17-15-32)70-53(86)44(28-78)73-51(84)42(24-33-26-65-37-11-7-6-10-36(33)37)71-52(85)43(25-34-27-63-30-66-34)72-48(81)38-18-19-47(80)67-38;15-8-10-17(11-9-16)13-6-4-12(5-7-13)2-1-3-14(18)19/h6-7,10-11,14-17,26-27,30-31,38-46,65,78-79H,8-9,12-13,18-25,28-29H2,1-5H3,(H,63,66)(H,67,80)(H,68,82)(H,69,87)(H,70,86)(H,71,85)(H,72,81)(H,73,84)(H,74,83)(H,75,88)(H4,60,61,64)(H3,62,76,90);4-7H,1-3,8-11H2,(H,18,19)/t38-,39-,40-,41-,42-,43-,44-,45+,46-;/m0./s1. The highest BCUT2D eigenvalue weighted by molar-refractivity contribution is 6.18. The number of phenolic OH excluding ortho intramolecular Hbond substituents is 1. The lowest BCUT2D eigenvalue weighted by Gasteiger charge is -2.31. The molecule has 7 rings (SSSR count). The fraction of sp³-hybridized carbons (Fsp3) is 0.507. The summed E-state index contributed by atoms with van der Waals surface area (Å²) in [6.07, 6.45) is 6.58. The number of carbonyl (C=O) groups is 12. The van der Waals surface area contributed by atoms with Crippen LogP contribution in [-0.4, -0.2) is 223 Å². The van der Waals surface area contributed by atoms with E-state index in [1.165, 1.54) is 41.7 Å². The number of guanidine groups is 1. The molecule has 5 aromatic rings. The fourth-order valence-electron chi connectivity index (χ4n) is 12.1. The number of hydrogen-bond acceptors (Lipinski definition) is 18. The fourth-order valence-corrected chi connectivity index (χ4v) is 12.5. The van der Waals surface area contributed by atoms with Crippen molar-refractivity contribution in [3.63, 3.8) is 0 Å². The Kier molecular flexibility index (Phi) is 35.3. The number of phenols is 1. The predicted octanol–water partition coefficient (Wildman–Crippen LogP) is 0.272. The Morgan fingerprint density at radius 3 is 1.88 bits per heavy atom. The zero-order chi connectivity index (χ0) is 80.6. The Morgan fingerprint density at radius 1 is 0.700 bits per heavy atom. The number of H-pyrrole nitrogens is 2. The molecule has 9 atom stereocenters. The molecule has 0 unspecified atom stereocenters. The first-order chi connectivity index (χ1) is 52.3. The van der Waals surface area contributed by atoms with Crippen LogP contribution in [0.25, 0.3) is 10.9 Å². The van der Waals surface area contributed by atoms with Crippen molar-refractivity contribution in [2.75, 3.05) is 56.1 Å². The Labute approximate surface area is 646 Å². The van der Waals surface area contributed by atoms with Crippen molar-refractivity contribution in [1.29, 1.82) is 0 Å². The first kappa shape index (κ1) is 88.1. The number of likely N-dealkylation sites (tertiary alicyclic amines) is 1. The van der Waals surface area contributed by atoms with E-state index in [0.717, 1.165) is 30.8 Å². The number of aromatic hydroxyl groups is 1. The quantitative estimate of drug-likeness (QED) is 0.00823. The number of urea groups is 1. The third-order valence-corrected chi connectivity index (χ3v) is 18.0. The van der Waals surface area contributed by atoms with Crippen LogP contribution >= 0.6 is 23.2 Å². The Balaban J connectivity index is 0.000000864. The van der Waals surface area contributed by atoms with Gasteiger partial charge in [0.2, 0.25) is 53.2 Å². The van der Waals surface area contributed by atoms with Crippen LogP contribution in [0, 0.1) is 5.92 Å². The number of nitrogens with one attached hydrogen (secondary N) is 12. The van der Waals surface area contributed by atoms with Gasteiger partial charge in [0.05, 0.1) is 25.1 Å². The molecule has 2 saturated heterocycles. The second-order valence-corrected chi connectivity index (χ2v) is 28.7. The van der Waals surface area contributed by atoms with Crippen molar-refractivity contribution < 1.29 is 77.6 Å². The van der Waals surface area contributed by atoms with Crippen LogP contribution < -0.4 is 75.5 Å². The summed E-state index contributed by atoms with van der Waals surface area (Å²) in [4.78, 5) is 179. The van der Waals surface area contributed by atoms with Gasteiger partial charge in [0, 0.05) is 105 Å². The summed E-state index contributed by atoms with van der Waals surface area (Å²) in [5.74, 6) is -8.19. The van der Waals surface area contributed by atoms with Gasteiger partial charge in [0.1, 0.15) is 60.1 Å². The van der Waals surface area contributed by atoms with Gasteiger partial charge in [-0.25, -0.2) is 15.2 Å². The SMILES string of the molecule is CC(C)C[C@H](NC(=O)[C@@H](COC(C)(C)C)NC(=O)[C@H](Cc1ccc(O)cc1)NC(=O)[C@H](CO)NC(=O)[C@H](Cc1c[nH]c2ccccc12)NC(=O)[C@H](Cc1cnc[nH]1)NC(=O)[C@@H]1CCC(=O)N1)C(=O)N[C@@H](CCCN=C(N)N)C(=O)N1CCC[C@H]1C(=O)NNC(N)=O.O=C(O)CCCc1ccc(N(CCCl)CCCl)cc1. The number of aromatic amines is 2. The minimum atomic E-state index is -1.80. The molecular weight excluding hydrogens is 1470 g/mol. The number of hydrazine groups is 1. The van der Waals surface area contributed by atoms with Crippen LogP contribution in [0.15, 0.2) is 96.5 Å². The number of hydrogen-bond donors (Lipinski definition) is 18. The first-order valence-electron chi connectivity index (χ1n) is 36.2. The Bertz CT molecular complexity index is 3920. The van der Waals surface area contributed by atoms with Crippen LogP contribution in [-0.2, 0) is 83.2 Å². The Hall–Kier alpha value is -10.8. The van der Waals surface area contributed by atoms with Gasteiger partial charge in [-0.3, -0.25) is 63.2 Å². The van der Waals surface area contributed by atoms with E-state index < -0.39 is 138 Å². The molecule has 110 heavy (non-hydrogen) atoms. The van der Waals surface area contributed by atoms with Crippen LogP contribution in [0.5, 0.6) is 5.75 Å². The maximum atomic E-state index is 14.8. The molecule has 0 aliphatic carbocycles. The molecule has 21 N–H and O–H groups in total. The van der Waals surface area contributed by atoms with Gasteiger partial charge >= 0.3 is 12.0 Å². The molecule has 600 valence electrons. The minimum Gasteiger partial charge on any atom is -0.508 e. The molecule has 2 aliphatic rings. The van der Waals surface area contributed by atoms with Crippen LogP contribution in [0.4, 0.5) is 10.5 Å². The van der Waals surface area contributed by atoms with Gasteiger partial charge in [0.15, 0.2) is 5.96 Å². The lowest BCUT2D eigenvalue weighted by atomic mass is 10.0. The zero-order valence-corrected chi connectivity index (χ0v) is 63.7. The second kappa shape index (κ2) is 44.0. The number of rotatable bonds is 40. The number of carboxylic acids is 1. The zero-order valence-electron chi connectivity index (χ0n) is 62.2. The summed E-state index contributed by atoms with van der Waals surface area (Å²) >= 11 is 11.5. The average molecular weight is 1570 g/mol. The van der Waals surface area contributed by atoms with Crippen molar-refractivity contribution in [2.45, 2.75) is 178 Å². The normalized spacial score (nSPS) is 15.8. The molecule has 37 heteroatoms. The number of carboxylic acid groups (broad SMARTS) is 1. The number of aliphatic hydroxyl groups is 1. The number of aliphatic hydroxyl groups excluding tert-OH is 1. The Morgan fingerprint density at radius 2 is 1.29 bits per heavy atom. The van der Waals surface area contributed by atoms with E-state index in [9.17, 15) is 67.7 Å². The highest BCUT2D eigenvalue weighted by atomic mass is 35.5. The number of para-hydroxylation sites is 1. The van der Waals surface area contributed by atoms with Gasteiger partial charge in [-0.1, -0.05) is 56.3 Å². The van der Waals surface area contributed by atoms with E-state index >= 15 is 0 Å². The van der Waals surface area contributed by atoms with Gasteiger partial charge in [-0.05, 0) is 125 Å². The van der Waals surface area contributed by atoms with Gasteiger partial charge < -0.3 is 99.6 Å². The van der Waals surface area contributed by atoms with E-state index in [1.54, 1.807) is 65.1 Å². The monoisotopic (exact) mass is 1570 g/mol. The lowest BCUT2D eigenvalue weighted by Crippen LogP contribution is -2.62. The molecule has 0 bridgehead atoms. The summed E-state index contributed by atoms with van der Waals surface area (Å²) < 4.78 is 6.03. The smallest absolute Gasteiger partial charge is 0.330 e. The number of imidazole rings is 1. The summed E-state index contributed by atoms with van der Waals surface area (Å²) in [6.45, 7) is 8.82. The van der Waals surface area contributed by atoms with E-state index in [4.69, 9.17) is 50.2 Å². The molecular formula is C73H103Cl2N19O16. The number of carbonyl (C=O) groups excluding carboxylic acids is 11. The largest absolute Gasteiger partial charge is 0.508 e. The lowest BCUT2D eigenvalue weighted by molar-refractivity contribution is -0.142. The van der Waals surface area contributed by atoms with Crippen LogP contribution in [0.2, 0.25) is 0 Å². The summed E-state index contributed by atoms with van der Waals surface area (Å²) in [7, 11) is 0. The van der Waals surface area contributed by atoms with Crippen molar-refractivity contribution >= 4 is 117 Å². The number of aryl methyl sites for hydroxylation is 1. The van der Waals surface area contributed by atoms with Gasteiger partial charge in [-0.2, -0.15) is 0 Å². The van der Waals surface area contributed by atoms with E-state index in [1.807, 2.05) is 29.7 Å². The van der Waals surface area contributed by atoms with Crippen molar-refractivity contribution in [2.24, 2.45) is 28.1 Å². The molecule has 2 aromatic heterocycles. The highest BCUT2D eigenvalue weighted by Gasteiger charge is 2.41. The van der Waals surface area contributed by atoms with E-state index in [-0.39, 0.29) is 101 Å².